The lowest BCUT2D eigenvalue weighted by Crippen LogP contribution is -2.16. The summed E-state index contributed by atoms with van der Waals surface area (Å²) in [5.41, 5.74) is -0.992. The molecule has 0 aliphatic rings. The quantitative estimate of drug-likeness (QED) is 0.446. The molecule has 0 fully saturated rings. The summed E-state index contributed by atoms with van der Waals surface area (Å²) in [5, 5.41) is 0. The van der Waals surface area contributed by atoms with Crippen molar-refractivity contribution < 1.29 is 4.39 Å². The molecule has 0 aliphatic carbocycles. The molecule has 0 rings (SSSR count). The van der Waals surface area contributed by atoms with Crippen molar-refractivity contribution in [2.24, 2.45) is 0 Å². The van der Waals surface area contributed by atoms with E-state index in [0.717, 1.165) is 25.7 Å². The van der Waals surface area contributed by atoms with Crippen LogP contribution in [0, 0.1) is 24.2 Å². The third-order valence-electron chi connectivity index (χ3n) is 2.18. The van der Waals surface area contributed by atoms with Gasteiger partial charge in [0.05, 0.1) is 0 Å². The second-order valence-electron chi connectivity index (χ2n) is 3.82. The molecule has 0 bridgehead atoms. The predicted octanol–water partition coefficient (Wildman–Crippen LogP) is 3.71. The monoisotopic (exact) mass is 194 g/mol. The van der Waals surface area contributed by atoms with Crippen molar-refractivity contribution in [2.45, 2.75) is 58.0 Å². The van der Waals surface area contributed by atoms with Crippen molar-refractivity contribution in [1.82, 2.24) is 0 Å². The SMILES string of the molecule is C#CC#CCCCCC(C)(F)CCC. The first kappa shape index (κ1) is 13.1. The van der Waals surface area contributed by atoms with Crippen LogP contribution in [0.1, 0.15) is 52.4 Å². The summed E-state index contributed by atoms with van der Waals surface area (Å²) in [6, 6.07) is 0. The fourth-order valence-electron chi connectivity index (χ4n) is 1.47. The Balaban J connectivity index is 3.49. The van der Waals surface area contributed by atoms with Crippen LogP contribution in [0.3, 0.4) is 0 Å². The van der Waals surface area contributed by atoms with E-state index in [1.54, 1.807) is 6.92 Å². The molecule has 0 saturated heterocycles. The van der Waals surface area contributed by atoms with Crippen molar-refractivity contribution in [3.63, 3.8) is 0 Å². The van der Waals surface area contributed by atoms with Crippen molar-refractivity contribution in [3.05, 3.63) is 0 Å². The van der Waals surface area contributed by atoms with Gasteiger partial charge in [0.1, 0.15) is 5.67 Å². The summed E-state index contributed by atoms with van der Waals surface area (Å²) < 4.78 is 13.6. The van der Waals surface area contributed by atoms with Crippen LogP contribution in [0.15, 0.2) is 0 Å². The first-order chi connectivity index (χ1) is 6.62. The first-order valence-corrected chi connectivity index (χ1v) is 5.25. The van der Waals surface area contributed by atoms with Gasteiger partial charge in [0, 0.05) is 6.42 Å². The average Bonchev–Trinajstić information content (AvgIpc) is 2.11. The Hall–Kier alpha value is -0.950. The average molecular weight is 194 g/mol. The van der Waals surface area contributed by atoms with E-state index in [2.05, 4.69) is 17.8 Å². The first-order valence-electron chi connectivity index (χ1n) is 5.25. The lowest BCUT2D eigenvalue weighted by atomic mass is 9.95. The largest absolute Gasteiger partial charge is 0.244 e. The van der Waals surface area contributed by atoms with Gasteiger partial charge >= 0.3 is 0 Å². The van der Waals surface area contributed by atoms with Gasteiger partial charge < -0.3 is 0 Å². The molecule has 0 saturated carbocycles. The van der Waals surface area contributed by atoms with Crippen LogP contribution in [0.25, 0.3) is 0 Å². The van der Waals surface area contributed by atoms with Gasteiger partial charge in [-0.3, -0.25) is 0 Å². The molecule has 0 spiro atoms. The molecule has 0 aromatic carbocycles. The maximum absolute atomic E-state index is 13.6. The smallest absolute Gasteiger partial charge is 0.108 e. The Bertz CT molecular complexity index is 234. The number of unbranched alkanes of at least 4 members (excludes halogenated alkanes) is 2. The molecule has 0 amide bonds. The summed E-state index contributed by atoms with van der Waals surface area (Å²) in [6.45, 7) is 3.69. The van der Waals surface area contributed by atoms with Gasteiger partial charge in [-0.2, -0.15) is 0 Å². The highest BCUT2D eigenvalue weighted by Gasteiger charge is 2.20. The third-order valence-corrected chi connectivity index (χ3v) is 2.18. The molecule has 1 unspecified atom stereocenters. The van der Waals surface area contributed by atoms with E-state index < -0.39 is 5.67 Å². The maximum atomic E-state index is 13.6. The van der Waals surface area contributed by atoms with Crippen LogP contribution in [0.2, 0.25) is 0 Å². The number of halogens is 1. The summed E-state index contributed by atoms with van der Waals surface area (Å²) in [7, 11) is 0. The molecule has 0 aromatic rings. The van der Waals surface area contributed by atoms with E-state index in [1.807, 2.05) is 6.92 Å². The molecule has 0 aliphatic heterocycles. The highest BCUT2D eigenvalue weighted by Crippen LogP contribution is 2.24. The fraction of sp³-hybridized carbons (Fsp3) is 0.692. The van der Waals surface area contributed by atoms with Gasteiger partial charge in [-0.05, 0) is 44.4 Å². The highest BCUT2D eigenvalue weighted by atomic mass is 19.1. The van der Waals surface area contributed by atoms with Gasteiger partial charge in [0.15, 0.2) is 0 Å². The van der Waals surface area contributed by atoms with Crippen LogP contribution in [-0.4, -0.2) is 5.67 Å². The number of alkyl halides is 1. The molecule has 0 aromatic heterocycles. The van der Waals surface area contributed by atoms with Gasteiger partial charge in [0.2, 0.25) is 0 Å². The second kappa shape index (κ2) is 7.45. The number of hydrogen-bond donors (Lipinski definition) is 0. The Labute approximate surface area is 87.3 Å². The van der Waals surface area contributed by atoms with Crippen molar-refractivity contribution in [1.29, 1.82) is 0 Å². The fourth-order valence-corrected chi connectivity index (χ4v) is 1.47. The summed E-state index contributed by atoms with van der Waals surface area (Å²) in [6.07, 6.45) is 9.79. The lowest BCUT2D eigenvalue weighted by molar-refractivity contribution is 0.155. The normalized spacial score (nSPS) is 13.6. The van der Waals surface area contributed by atoms with E-state index in [1.165, 1.54) is 0 Å². The number of hydrogen-bond acceptors (Lipinski definition) is 0. The third kappa shape index (κ3) is 7.69. The molecular weight excluding hydrogens is 175 g/mol. The zero-order valence-electron chi connectivity index (χ0n) is 9.20. The van der Waals surface area contributed by atoms with Gasteiger partial charge in [-0.25, -0.2) is 4.39 Å². The summed E-state index contributed by atoms with van der Waals surface area (Å²) >= 11 is 0. The number of terminal acetylenes is 1. The zero-order chi connectivity index (χ0) is 10.9. The topological polar surface area (TPSA) is 0 Å². The standard InChI is InChI=1S/C13H19F/c1-4-6-7-8-9-10-12-13(3,14)11-5-2/h1H,5,8-12H2,2-3H3. The van der Waals surface area contributed by atoms with Gasteiger partial charge in [-0.15, -0.1) is 6.42 Å². The minimum Gasteiger partial charge on any atom is -0.244 e. The molecule has 0 N–H and O–H groups in total. The van der Waals surface area contributed by atoms with E-state index >= 15 is 0 Å². The van der Waals surface area contributed by atoms with Gasteiger partial charge in [0.25, 0.3) is 0 Å². The Morgan fingerprint density at radius 3 is 2.57 bits per heavy atom. The van der Waals surface area contributed by atoms with E-state index in [-0.39, 0.29) is 0 Å². The van der Waals surface area contributed by atoms with Gasteiger partial charge in [-0.1, -0.05) is 19.3 Å². The minimum absolute atomic E-state index is 0.637. The Morgan fingerprint density at radius 1 is 1.29 bits per heavy atom. The van der Waals surface area contributed by atoms with Crippen LogP contribution in [0.5, 0.6) is 0 Å². The molecule has 0 heterocycles. The van der Waals surface area contributed by atoms with E-state index in [9.17, 15) is 4.39 Å². The molecule has 78 valence electrons. The van der Waals surface area contributed by atoms with Crippen LogP contribution in [0.4, 0.5) is 4.39 Å². The Kier molecular flexibility index (Phi) is 6.95. The highest BCUT2D eigenvalue weighted by molar-refractivity contribution is 5.21. The van der Waals surface area contributed by atoms with E-state index in [4.69, 9.17) is 6.42 Å². The van der Waals surface area contributed by atoms with Crippen molar-refractivity contribution in [3.8, 4) is 24.2 Å². The predicted molar refractivity (Wildman–Crippen MR) is 59.5 cm³/mol. The lowest BCUT2D eigenvalue weighted by Gasteiger charge is -2.18. The van der Waals surface area contributed by atoms with E-state index in [0.29, 0.717) is 12.8 Å². The molecule has 1 atom stereocenters. The molecule has 1 heteroatoms. The van der Waals surface area contributed by atoms with Crippen LogP contribution >= 0.6 is 0 Å². The molecular formula is C13H19F. The van der Waals surface area contributed by atoms with Crippen molar-refractivity contribution >= 4 is 0 Å². The molecule has 0 nitrogen and oxygen atoms in total. The second-order valence-corrected chi connectivity index (χ2v) is 3.82. The molecule has 0 radical (unpaired) electrons. The Morgan fingerprint density at radius 2 is 2.00 bits per heavy atom. The summed E-state index contributed by atoms with van der Waals surface area (Å²) in [4.78, 5) is 0. The van der Waals surface area contributed by atoms with Crippen molar-refractivity contribution in [2.75, 3.05) is 0 Å². The zero-order valence-corrected chi connectivity index (χ0v) is 9.20. The van der Waals surface area contributed by atoms with Crippen LogP contribution in [-0.2, 0) is 0 Å². The number of rotatable bonds is 6. The maximum Gasteiger partial charge on any atom is 0.108 e. The molecule has 14 heavy (non-hydrogen) atoms. The summed E-state index contributed by atoms with van der Waals surface area (Å²) in [5.74, 6) is 7.66. The van der Waals surface area contributed by atoms with Crippen LogP contribution < -0.4 is 0 Å². The minimum atomic E-state index is -0.992.